The maximum absolute atomic E-state index is 5.80. The first kappa shape index (κ1) is 19.3. The van der Waals surface area contributed by atoms with Crippen LogP contribution < -0.4 is 14.8 Å². The van der Waals surface area contributed by atoms with E-state index in [1.54, 1.807) is 0 Å². The molecule has 0 radical (unpaired) electrons. The van der Waals surface area contributed by atoms with Crippen LogP contribution in [0.1, 0.15) is 0 Å². The molecule has 0 atom stereocenters. The summed E-state index contributed by atoms with van der Waals surface area (Å²) >= 11 is 6.67. The molecular formula is C16H23NO5S2. The summed E-state index contributed by atoms with van der Waals surface area (Å²) in [5.74, 6) is 1.32. The smallest absolute Gasteiger partial charge is 0.163 e. The van der Waals surface area contributed by atoms with Gasteiger partial charge in [-0.3, -0.25) is 0 Å². The molecule has 1 aliphatic rings. The fourth-order valence-corrected chi connectivity index (χ4v) is 2.29. The minimum Gasteiger partial charge on any atom is -0.487 e. The van der Waals surface area contributed by atoms with E-state index in [2.05, 4.69) is 5.32 Å². The van der Waals surface area contributed by atoms with E-state index < -0.39 is 0 Å². The standard InChI is InChI=1S/C16H23NO5S2/c1-24-16(23)17-13-2-3-14-15(12-13)22-11-9-20-7-5-18-4-6-19-8-10-21-14/h2-3,12H,4-11H2,1H3,(H,17,23). The first-order chi connectivity index (χ1) is 11.8. The maximum Gasteiger partial charge on any atom is 0.163 e. The van der Waals surface area contributed by atoms with Crippen LogP contribution in [0.15, 0.2) is 18.2 Å². The number of anilines is 1. The normalized spacial score (nSPS) is 17.4. The van der Waals surface area contributed by atoms with Gasteiger partial charge in [-0.2, -0.15) is 0 Å². The van der Waals surface area contributed by atoms with Gasteiger partial charge in [0.1, 0.15) is 17.5 Å². The molecule has 1 N–H and O–H groups in total. The van der Waals surface area contributed by atoms with Crippen molar-refractivity contribution in [2.75, 3.05) is 64.4 Å². The summed E-state index contributed by atoms with van der Waals surface area (Å²) in [5.41, 5.74) is 0.861. The number of fused-ring (bicyclic) bond motifs is 1. The van der Waals surface area contributed by atoms with Crippen LogP contribution in [0.2, 0.25) is 0 Å². The molecule has 0 aliphatic carbocycles. The van der Waals surface area contributed by atoms with Crippen LogP contribution in [0.3, 0.4) is 0 Å². The van der Waals surface area contributed by atoms with Gasteiger partial charge in [0.25, 0.3) is 0 Å². The lowest BCUT2D eigenvalue weighted by Crippen LogP contribution is -2.13. The van der Waals surface area contributed by atoms with Gasteiger partial charge >= 0.3 is 0 Å². The van der Waals surface area contributed by atoms with E-state index in [-0.39, 0.29) is 0 Å². The zero-order valence-electron chi connectivity index (χ0n) is 13.7. The van der Waals surface area contributed by atoms with Crippen LogP contribution in [-0.2, 0) is 14.2 Å². The molecule has 1 aromatic carbocycles. The number of thiocarbonyl (C=S) groups is 1. The van der Waals surface area contributed by atoms with Crippen molar-refractivity contribution in [3.63, 3.8) is 0 Å². The van der Waals surface area contributed by atoms with Crippen molar-refractivity contribution in [3.8, 4) is 11.5 Å². The summed E-state index contributed by atoms with van der Waals surface area (Å²) in [7, 11) is 0. The number of ether oxygens (including phenoxy) is 5. The van der Waals surface area contributed by atoms with Crippen molar-refractivity contribution in [2.45, 2.75) is 0 Å². The molecule has 1 heterocycles. The van der Waals surface area contributed by atoms with Gasteiger partial charge in [0.05, 0.1) is 39.6 Å². The van der Waals surface area contributed by atoms with Crippen LogP contribution in [0.4, 0.5) is 5.69 Å². The number of hydrogen-bond acceptors (Lipinski definition) is 7. The van der Waals surface area contributed by atoms with E-state index in [4.69, 9.17) is 35.9 Å². The summed E-state index contributed by atoms with van der Waals surface area (Å²) in [4.78, 5) is 0. The molecule has 0 aromatic heterocycles. The Labute approximate surface area is 152 Å². The Morgan fingerprint density at radius 2 is 1.42 bits per heavy atom. The zero-order chi connectivity index (χ0) is 17.0. The molecule has 0 unspecified atom stereocenters. The molecule has 1 aromatic rings. The molecule has 134 valence electrons. The second-order valence-corrected chi connectivity index (χ2v) is 6.30. The second kappa shape index (κ2) is 11.5. The number of benzene rings is 1. The van der Waals surface area contributed by atoms with Crippen LogP contribution in [0.5, 0.6) is 11.5 Å². The van der Waals surface area contributed by atoms with Crippen molar-refractivity contribution < 1.29 is 23.7 Å². The first-order valence-electron chi connectivity index (χ1n) is 7.77. The SMILES string of the molecule is CSC(=S)Nc1ccc2c(c1)OCCOCCOCCOCCO2. The lowest BCUT2D eigenvalue weighted by atomic mass is 10.3. The van der Waals surface area contributed by atoms with Gasteiger partial charge in [0.15, 0.2) is 11.5 Å². The van der Waals surface area contributed by atoms with Crippen LogP contribution in [0.25, 0.3) is 0 Å². The number of thioether (sulfide) groups is 1. The number of nitrogens with one attached hydrogen (secondary N) is 1. The zero-order valence-corrected chi connectivity index (χ0v) is 15.4. The summed E-state index contributed by atoms with van der Waals surface area (Å²) in [6.45, 7) is 4.05. The third-order valence-corrected chi connectivity index (χ3v) is 4.16. The highest BCUT2D eigenvalue weighted by Crippen LogP contribution is 2.31. The van der Waals surface area contributed by atoms with Gasteiger partial charge < -0.3 is 29.0 Å². The van der Waals surface area contributed by atoms with E-state index in [1.807, 2.05) is 24.5 Å². The van der Waals surface area contributed by atoms with Crippen LogP contribution >= 0.6 is 24.0 Å². The Morgan fingerprint density at radius 3 is 2.00 bits per heavy atom. The van der Waals surface area contributed by atoms with Gasteiger partial charge in [-0.1, -0.05) is 12.2 Å². The molecule has 0 fully saturated rings. The Bertz CT molecular complexity index is 515. The van der Waals surface area contributed by atoms with E-state index in [1.165, 1.54) is 11.8 Å². The molecule has 8 heteroatoms. The van der Waals surface area contributed by atoms with Gasteiger partial charge in [0.2, 0.25) is 0 Å². The molecule has 0 amide bonds. The lowest BCUT2D eigenvalue weighted by molar-refractivity contribution is 0.00708. The van der Waals surface area contributed by atoms with Gasteiger partial charge in [-0.15, -0.1) is 11.8 Å². The maximum atomic E-state index is 5.80. The van der Waals surface area contributed by atoms with E-state index in [0.717, 1.165) is 5.69 Å². The molecular weight excluding hydrogens is 350 g/mol. The topological polar surface area (TPSA) is 58.2 Å². The average molecular weight is 373 g/mol. The third kappa shape index (κ3) is 7.23. The lowest BCUT2D eigenvalue weighted by Gasteiger charge is -2.15. The molecule has 0 saturated carbocycles. The van der Waals surface area contributed by atoms with Gasteiger partial charge in [0, 0.05) is 11.8 Å². The quantitative estimate of drug-likeness (QED) is 0.754. The Kier molecular flexibility index (Phi) is 9.22. The van der Waals surface area contributed by atoms with Gasteiger partial charge in [-0.05, 0) is 18.4 Å². The molecule has 2 rings (SSSR count). The fraction of sp³-hybridized carbons (Fsp3) is 0.562. The Hall–Kier alpha value is -1.06. The van der Waals surface area contributed by atoms with Crippen molar-refractivity contribution in [3.05, 3.63) is 18.2 Å². The third-order valence-electron chi connectivity index (χ3n) is 3.09. The summed E-state index contributed by atoms with van der Waals surface area (Å²) in [6, 6.07) is 5.65. The van der Waals surface area contributed by atoms with Gasteiger partial charge in [-0.25, -0.2) is 0 Å². The highest BCUT2D eigenvalue weighted by molar-refractivity contribution is 8.22. The minimum atomic E-state index is 0.434. The molecule has 1 aliphatic heterocycles. The van der Waals surface area contributed by atoms with E-state index in [0.29, 0.717) is 68.7 Å². The van der Waals surface area contributed by atoms with Crippen LogP contribution in [0, 0.1) is 0 Å². The van der Waals surface area contributed by atoms with E-state index >= 15 is 0 Å². The average Bonchev–Trinajstić information content (AvgIpc) is 2.60. The molecule has 0 bridgehead atoms. The van der Waals surface area contributed by atoms with Crippen molar-refractivity contribution in [2.24, 2.45) is 0 Å². The monoisotopic (exact) mass is 373 g/mol. The predicted octanol–water partition coefficient (Wildman–Crippen LogP) is 2.57. The summed E-state index contributed by atoms with van der Waals surface area (Å²) < 4.78 is 28.5. The highest BCUT2D eigenvalue weighted by atomic mass is 32.2. The Morgan fingerprint density at radius 1 is 0.875 bits per heavy atom. The highest BCUT2D eigenvalue weighted by Gasteiger charge is 2.08. The summed E-state index contributed by atoms with van der Waals surface area (Å²) in [5, 5.41) is 3.14. The van der Waals surface area contributed by atoms with Crippen molar-refractivity contribution in [1.29, 1.82) is 0 Å². The molecule has 6 nitrogen and oxygen atoms in total. The molecule has 0 spiro atoms. The van der Waals surface area contributed by atoms with Crippen LogP contribution in [-0.4, -0.2) is 63.4 Å². The number of rotatable bonds is 1. The summed E-state index contributed by atoms with van der Waals surface area (Å²) in [6.07, 6.45) is 1.93. The largest absolute Gasteiger partial charge is 0.487 e. The number of hydrogen-bond donors (Lipinski definition) is 1. The fourth-order valence-electron chi connectivity index (χ4n) is 1.95. The van der Waals surface area contributed by atoms with Crippen molar-refractivity contribution in [1.82, 2.24) is 0 Å². The molecule has 24 heavy (non-hydrogen) atoms. The second-order valence-electron chi connectivity index (χ2n) is 4.81. The van der Waals surface area contributed by atoms with E-state index in [9.17, 15) is 0 Å². The first-order valence-corrected chi connectivity index (χ1v) is 9.41. The van der Waals surface area contributed by atoms with Crippen molar-refractivity contribution >= 4 is 34.0 Å². The Balaban J connectivity index is 2.01. The predicted molar refractivity (Wildman–Crippen MR) is 99.6 cm³/mol. The minimum absolute atomic E-state index is 0.434. The molecule has 0 saturated heterocycles.